The maximum atomic E-state index is 6.21. The number of ether oxygens (including phenoxy) is 1. The summed E-state index contributed by atoms with van der Waals surface area (Å²) >= 11 is 0. The first kappa shape index (κ1) is 15.8. The summed E-state index contributed by atoms with van der Waals surface area (Å²) in [6.07, 6.45) is 1.02. The van der Waals surface area contributed by atoms with E-state index in [0.717, 1.165) is 44.9 Å². The highest BCUT2D eigenvalue weighted by Gasteiger charge is 2.32. The fourth-order valence-corrected chi connectivity index (χ4v) is 3.62. The first-order valence-electron chi connectivity index (χ1n) is 8.52. The van der Waals surface area contributed by atoms with E-state index >= 15 is 0 Å². The van der Waals surface area contributed by atoms with Crippen molar-refractivity contribution in [3.8, 4) is 5.75 Å². The van der Waals surface area contributed by atoms with Gasteiger partial charge in [-0.3, -0.25) is 9.80 Å². The third-order valence-electron chi connectivity index (χ3n) is 4.89. The van der Waals surface area contributed by atoms with Gasteiger partial charge in [-0.2, -0.15) is 0 Å². The van der Waals surface area contributed by atoms with Crippen molar-refractivity contribution in [1.82, 2.24) is 9.80 Å². The van der Waals surface area contributed by atoms with Gasteiger partial charge in [0.15, 0.2) is 0 Å². The van der Waals surface area contributed by atoms with Crippen LogP contribution in [0.3, 0.4) is 0 Å². The molecule has 0 amide bonds. The number of piperazine rings is 1. The Morgan fingerprint density at radius 2 is 1.77 bits per heavy atom. The highest BCUT2D eigenvalue weighted by Crippen LogP contribution is 2.38. The second kappa shape index (κ2) is 5.54. The number of nitrogens with zero attached hydrogens (tertiary/aromatic N) is 2. The van der Waals surface area contributed by atoms with Crippen molar-refractivity contribution in [2.24, 2.45) is 0 Å². The lowest BCUT2D eigenvalue weighted by Crippen LogP contribution is -2.53. The summed E-state index contributed by atoms with van der Waals surface area (Å²) in [5.41, 5.74) is 2.96. The molecule has 1 aromatic carbocycles. The number of para-hydroxylation sites is 1. The van der Waals surface area contributed by atoms with Crippen molar-refractivity contribution < 1.29 is 4.74 Å². The molecule has 0 bridgehead atoms. The van der Waals surface area contributed by atoms with Crippen molar-refractivity contribution >= 4 is 0 Å². The molecule has 1 aromatic rings. The maximum Gasteiger partial charge on any atom is 0.127 e. The van der Waals surface area contributed by atoms with E-state index in [2.05, 4.69) is 62.6 Å². The van der Waals surface area contributed by atoms with Gasteiger partial charge in [0.2, 0.25) is 0 Å². The van der Waals surface area contributed by atoms with Crippen LogP contribution in [0.1, 0.15) is 45.7 Å². The molecule has 22 heavy (non-hydrogen) atoms. The van der Waals surface area contributed by atoms with Crippen LogP contribution in [-0.4, -0.2) is 47.1 Å². The van der Waals surface area contributed by atoms with Gasteiger partial charge in [-0.15, -0.1) is 0 Å². The number of benzene rings is 1. The molecular weight excluding hydrogens is 272 g/mol. The van der Waals surface area contributed by atoms with E-state index in [9.17, 15) is 0 Å². The zero-order valence-corrected chi connectivity index (χ0v) is 14.8. The minimum atomic E-state index is -0.0522. The summed E-state index contributed by atoms with van der Waals surface area (Å²) in [7, 11) is 0. The number of hydrogen-bond donors (Lipinski definition) is 0. The molecule has 0 radical (unpaired) electrons. The van der Waals surface area contributed by atoms with Crippen molar-refractivity contribution in [3.63, 3.8) is 0 Å². The van der Waals surface area contributed by atoms with E-state index in [-0.39, 0.29) is 11.1 Å². The van der Waals surface area contributed by atoms with Gasteiger partial charge in [0.25, 0.3) is 0 Å². The van der Waals surface area contributed by atoms with Crippen molar-refractivity contribution in [3.05, 3.63) is 29.3 Å². The van der Waals surface area contributed by atoms with Crippen LogP contribution in [0.15, 0.2) is 18.2 Å². The summed E-state index contributed by atoms with van der Waals surface area (Å²) in [6.45, 7) is 16.9. The van der Waals surface area contributed by atoms with E-state index < -0.39 is 0 Å². The van der Waals surface area contributed by atoms with E-state index in [1.165, 1.54) is 11.1 Å². The smallest absolute Gasteiger partial charge is 0.127 e. The molecule has 0 aromatic heterocycles. The molecule has 0 N–H and O–H groups in total. The molecular formula is C19H30N2O. The molecule has 3 nitrogen and oxygen atoms in total. The Morgan fingerprint density at radius 3 is 2.41 bits per heavy atom. The zero-order valence-electron chi connectivity index (χ0n) is 14.8. The normalized spacial score (nSPS) is 22.4. The lowest BCUT2D eigenvalue weighted by Gasteiger charge is -2.42. The van der Waals surface area contributed by atoms with Gasteiger partial charge in [-0.05, 0) is 40.2 Å². The molecule has 0 saturated carbocycles. The molecule has 0 spiro atoms. The topological polar surface area (TPSA) is 15.7 Å². The monoisotopic (exact) mass is 302 g/mol. The molecule has 0 unspecified atom stereocenters. The van der Waals surface area contributed by atoms with Gasteiger partial charge < -0.3 is 4.74 Å². The first-order chi connectivity index (χ1) is 10.2. The van der Waals surface area contributed by atoms with Crippen molar-refractivity contribution in [2.75, 3.05) is 26.2 Å². The predicted molar refractivity (Wildman–Crippen MR) is 91.5 cm³/mol. The number of fused-ring (bicyclic) bond motifs is 1. The maximum absolute atomic E-state index is 6.21. The Labute approximate surface area is 135 Å². The Bertz CT molecular complexity index is 537. The van der Waals surface area contributed by atoms with Crippen LogP contribution >= 0.6 is 0 Å². The third-order valence-corrected chi connectivity index (χ3v) is 4.89. The van der Waals surface area contributed by atoms with Gasteiger partial charge in [0.1, 0.15) is 11.4 Å². The lowest BCUT2D eigenvalue weighted by atomic mass is 10.0. The fourth-order valence-electron chi connectivity index (χ4n) is 3.62. The van der Waals surface area contributed by atoms with E-state index in [4.69, 9.17) is 4.74 Å². The van der Waals surface area contributed by atoms with Gasteiger partial charge in [0, 0.05) is 50.2 Å². The summed E-state index contributed by atoms with van der Waals surface area (Å²) in [6, 6.07) is 6.63. The Kier molecular flexibility index (Phi) is 3.98. The van der Waals surface area contributed by atoms with Crippen LogP contribution < -0.4 is 4.74 Å². The third kappa shape index (κ3) is 3.31. The summed E-state index contributed by atoms with van der Waals surface area (Å²) < 4.78 is 6.21. The van der Waals surface area contributed by atoms with Crippen LogP contribution in [-0.2, 0) is 13.0 Å². The second-order valence-corrected chi connectivity index (χ2v) is 8.38. The highest BCUT2D eigenvalue weighted by atomic mass is 16.5. The van der Waals surface area contributed by atoms with Gasteiger partial charge in [0.05, 0.1) is 0 Å². The fraction of sp³-hybridized carbons (Fsp3) is 0.684. The molecule has 3 heteroatoms. The minimum absolute atomic E-state index is 0.0522. The van der Waals surface area contributed by atoms with E-state index in [1.807, 2.05) is 0 Å². The summed E-state index contributed by atoms with van der Waals surface area (Å²) in [4.78, 5) is 5.14. The summed E-state index contributed by atoms with van der Waals surface area (Å²) in [5, 5.41) is 0. The molecule has 1 saturated heterocycles. The molecule has 2 heterocycles. The molecule has 2 aliphatic heterocycles. The van der Waals surface area contributed by atoms with Crippen molar-refractivity contribution in [1.29, 1.82) is 0 Å². The van der Waals surface area contributed by atoms with E-state index in [0.29, 0.717) is 0 Å². The Morgan fingerprint density at radius 1 is 1.09 bits per heavy atom. The molecule has 1 fully saturated rings. The Hall–Kier alpha value is -1.06. The quantitative estimate of drug-likeness (QED) is 0.833. The first-order valence-corrected chi connectivity index (χ1v) is 8.52. The average Bonchev–Trinajstić information content (AvgIpc) is 2.73. The zero-order chi connectivity index (χ0) is 16.0. The van der Waals surface area contributed by atoms with Crippen LogP contribution in [0.5, 0.6) is 5.75 Å². The van der Waals surface area contributed by atoms with Crippen molar-refractivity contribution in [2.45, 2.75) is 58.7 Å². The molecule has 0 atom stereocenters. The van der Waals surface area contributed by atoms with Gasteiger partial charge >= 0.3 is 0 Å². The standard InChI is InChI=1S/C19H30N2O/c1-18(2,3)21-11-9-20(10-12-21)14-16-8-6-7-15-13-19(4,5)22-17(15)16/h6-8H,9-14H2,1-5H3. The average molecular weight is 302 g/mol. The number of rotatable bonds is 2. The van der Waals surface area contributed by atoms with Crippen LogP contribution in [0.25, 0.3) is 0 Å². The molecule has 3 rings (SSSR count). The van der Waals surface area contributed by atoms with Crippen LogP contribution in [0.2, 0.25) is 0 Å². The molecule has 122 valence electrons. The minimum Gasteiger partial charge on any atom is -0.487 e. The van der Waals surface area contributed by atoms with E-state index in [1.54, 1.807) is 0 Å². The van der Waals surface area contributed by atoms with Crippen LogP contribution in [0, 0.1) is 0 Å². The SMILES string of the molecule is CC1(C)Cc2cccc(CN3CCN(C(C)(C)C)CC3)c2O1. The number of hydrogen-bond acceptors (Lipinski definition) is 3. The summed E-state index contributed by atoms with van der Waals surface area (Å²) in [5.74, 6) is 1.14. The van der Waals surface area contributed by atoms with Gasteiger partial charge in [-0.1, -0.05) is 18.2 Å². The van der Waals surface area contributed by atoms with Gasteiger partial charge in [-0.25, -0.2) is 0 Å². The predicted octanol–water partition coefficient (Wildman–Crippen LogP) is 3.32. The Balaban J connectivity index is 1.66. The highest BCUT2D eigenvalue weighted by molar-refractivity contribution is 5.45. The lowest BCUT2D eigenvalue weighted by molar-refractivity contribution is 0.0581. The molecule has 0 aliphatic carbocycles. The second-order valence-electron chi connectivity index (χ2n) is 8.38. The largest absolute Gasteiger partial charge is 0.487 e. The molecule has 2 aliphatic rings. The van der Waals surface area contributed by atoms with Crippen LogP contribution in [0.4, 0.5) is 0 Å².